The van der Waals surface area contributed by atoms with Gasteiger partial charge in [-0.15, -0.1) is 0 Å². The first-order valence-corrected chi connectivity index (χ1v) is 8.78. The summed E-state index contributed by atoms with van der Waals surface area (Å²) in [6.45, 7) is 0. The van der Waals surface area contributed by atoms with Crippen molar-refractivity contribution < 1.29 is 23.5 Å². The van der Waals surface area contributed by atoms with E-state index < -0.39 is 0 Å². The van der Waals surface area contributed by atoms with Crippen LogP contribution in [0.5, 0.6) is 17.2 Å². The van der Waals surface area contributed by atoms with E-state index in [9.17, 15) is 4.79 Å². The molecule has 0 aliphatic heterocycles. The molecule has 148 valence electrons. The Kier molecular flexibility index (Phi) is 4.82. The Labute approximate surface area is 166 Å². The quantitative estimate of drug-likeness (QED) is 0.512. The third kappa shape index (κ3) is 3.25. The van der Waals surface area contributed by atoms with E-state index in [-0.39, 0.29) is 5.91 Å². The van der Waals surface area contributed by atoms with Gasteiger partial charge in [0.2, 0.25) is 5.75 Å². The van der Waals surface area contributed by atoms with Crippen molar-refractivity contribution in [2.45, 2.75) is 0 Å². The molecule has 8 heteroatoms. The number of hydrogen-bond acceptors (Lipinski definition) is 6. The highest BCUT2D eigenvalue weighted by molar-refractivity contribution is 6.13. The molecule has 2 aromatic carbocycles. The van der Waals surface area contributed by atoms with Gasteiger partial charge in [0.25, 0.3) is 5.91 Å². The van der Waals surface area contributed by atoms with Crippen LogP contribution in [0.2, 0.25) is 0 Å². The first-order valence-electron chi connectivity index (χ1n) is 8.78. The van der Waals surface area contributed by atoms with Crippen molar-refractivity contribution in [3.8, 4) is 28.6 Å². The van der Waals surface area contributed by atoms with Crippen molar-refractivity contribution in [2.24, 2.45) is 0 Å². The van der Waals surface area contributed by atoms with Crippen LogP contribution in [0, 0.1) is 0 Å². The number of carbonyl (C=O) groups excluding carboxylic acids is 1. The second-order valence-corrected chi connectivity index (χ2v) is 6.18. The molecule has 0 saturated heterocycles. The van der Waals surface area contributed by atoms with E-state index in [1.165, 1.54) is 27.5 Å². The van der Waals surface area contributed by atoms with Gasteiger partial charge in [-0.05, 0) is 18.2 Å². The number of hydrogen-bond donors (Lipinski definition) is 2. The van der Waals surface area contributed by atoms with Crippen molar-refractivity contribution in [1.29, 1.82) is 0 Å². The second kappa shape index (κ2) is 7.59. The maximum absolute atomic E-state index is 12.8. The fraction of sp³-hybridized carbons (Fsp3) is 0.143. The molecular formula is C21H19N3O5. The van der Waals surface area contributed by atoms with E-state index in [2.05, 4.69) is 15.5 Å². The Morgan fingerprint density at radius 1 is 1.07 bits per heavy atom. The Morgan fingerprint density at radius 2 is 1.79 bits per heavy atom. The van der Waals surface area contributed by atoms with Crippen LogP contribution < -0.4 is 19.5 Å². The predicted octanol–water partition coefficient (Wildman–Crippen LogP) is 4.10. The molecule has 4 rings (SSSR count). The summed E-state index contributed by atoms with van der Waals surface area (Å²) in [5.41, 5.74) is 2.45. The highest BCUT2D eigenvalue weighted by Gasteiger charge is 2.21. The molecule has 0 saturated carbocycles. The van der Waals surface area contributed by atoms with E-state index in [0.29, 0.717) is 39.8 Å². The molecule has 1 amide bonds. The van der Waals surface area contributed by atoms with Crippen molar-refractivity contribution in [2.75, 3.05) is 26.6 Å². The summed E-state index contributed by atoms with van der Waals surface area (Å²) in [5.74, 6) is 1.48. The molecule has 0 radical (unpaired) electrons. The number of ether oxygens (including phenoxy) is 3. The van der Waals surface area contributed by atoms with Gasteiger partial charge >= 0.3 is 0 Å². The minimum atomic E-state index is -0.278. The molecule has 4 aromatic rings. The summed E-state index contributed by atoms with van der Waals surface area (Å²) in [7, 11) is 4.59. The predicted molar refractivity (Wildman–Crippen MR) is 108 cm³/mol. The number of para-hydroxylation sites is 1. The zero-order valence-electron chi connectivity index (χ0n) is 16.1. The van der Waals surface area contributed by atoms with Crippen molar-refractivity contribution in [3.05, 3.63) is 54.4 Å². The lowest BCUT2D eigenvalue weighted by molar-refractivity contribution is 0.102. The molecule has 0 spiro atoms. The summed E-state index contributed by atoms with van der Waals surface area (Å²) in [4.78, 5) is 15.9. The van der Waals surface area contributed by atoms with Crippen LogP contribution in [0.3, 0.4) is 0 Å². The highest BCUT2D eigenvalue weighted by atomic mass is 16.5. The summed E-state index contributed by atoms with van der Waals surface area (Å²) < 4.78 is 21.5. The minimum Gasteiger partial charge on any atom is -0.493 e. The third-order valence-corrected chi connectivity index (χ3v) is 4.58. The zero-order valence-corrected chi connectivity index (χ0v) is 16.1. The van der Waals surface area contributed by atoms with Crippen LogP contribution in [-0.2, 0) is 0 Å². The average Bonchev–Trinajstić information content (AvgIpc) is 3.39. The number of fused-ring (bicyclic) bond motifs is 1. The van der Waals surface area contributed by atoms with Gasteiger partial charge in [0.1, 0.15) is 5.69 Å². The van der Waals surface area contributed by atoms with Crippen LogP contribution in [0.15, 0.2) is 53.3 Å². The van der Waals surface area contributed by atoms with Gasteiger partial charge in [0.15, 0.2) is 17.3 Å². The number of benzene rings is 2. The molecule has 2 heterocycles. The van der Waals surface area contributed by atoms with E-state index in [4.69, 9.17) is 18.7 Å². The minimum absolute atomic E-state index is 0.278. The molecule has 8 nitrogen and oxygen atoms in total. The number of anilines is 1. The molecular weight excluding hydrogens is 374 g/mol. The van der Waals surface area contributed by atoms with Crippen LogP contribution in [0.25, 0.3) is 22.2 Å². The van der Waals surface area contributed by atoms with Gasteiger partial charge in [-0.25, -0.2) is 0 Å². The van der Waals surface area contributed by atoms with Gasteiger partial charge in [0, 0.05) is 22.7 Å². The lowest BCUT2D eigenvalue weighted by Gasteiger charge is -2.13. The SMILES string of the molecule is COc1cc(-c2oncc2NC(=O)c2c[nH]c3ccccc23)cc(OC)c1OC. The number of methoxy groups -OCH3 is 3. The smallest absolute Gasteiger partial charge is 0.257 e. The van der Waals surface area contributed by atoms with Crippen molar-refractivity contribution >= 4 is 22.5 Å². The van der Waals surface area contributed by atoms with Gasteiger partial charge in [-0.1, -0.05) is 23.4 Å². The second-order valence-electron chi connectivity index (χ2n) is 6.18. The van der Waals surface area contributed by atoms with Crippen LogP contribution >= 0.6 is 0 Å². The molecule has 0 aliphatic carbocycles. The lowest BCUT2D eigenvalue weighted by atomic mass is 10.1. The van der Waals surface area contributed by atoms with E-state index >= 15 is 0 Å². The number of H-pyrrole nitrogens is 1. The van der Waals surface area contributed by atoms with E-state index in [0.717, 1.165) is 10.9 Å². The summed E-state index contributed by atoms with van der Waals surface area (Å²) >= 11 is 0. The number of carbonyl (C=O) groups is 1. The largest absolute Gasteiger partial charge is 0.493 e. The van der Waals surface area contributed by atoms with Crippen molar-refractivity contribution in [3.63, 3.8) is 0 Å². The Hall–Kier alpha value is -3.94. The van der Waals surface area contributed by atoms with Crippen molar-refractivity contribution in [1.82, 2.24) is 10.1 Å². The van der Waals surface area contributed by atoms with E-state index in [1.807, 2.05) is 24.3 Å². The number of rotatable bonds is 6. The standard InChI is InChI=1S/C21H19N3O5/c1-26-17-8-12(9-18(27-2)20(17)28-3)19-16(11-23-29-19)24-21(25)14-10-22-15-7-5-4-6-13(14)15/h4-11,22H,1-3H3,(H,24,25). The fourth-order valence-electron chi connectivity index (χ4n) is 3.20. The number of aromatic nitrogens is 2. The Bertz CT molecular complexity index is 1150. The van der Waals surface area contributed by atoms with E-state index in [1.54, 1.807) is 18.3 Å². The van der Waals surface area contributed by atoms with Crippen LogP contribution in [0.4, 0.5) is 5.69 Å². The summed E-state index contributed by atoms with van der Waals surface area (Å²) in [5, 5.41) is 7.53. The van der Waals surface area contributed by atoms with Gasteiger partial charge < -0.3 is 29.0 Å². The topological polar surface area (TPSA) is 98.6 Å². The van der Waals surface area contributed by atoms with Gasteiger partial charge in [0.05, 0.1) is 33.1 Å². The van der Waals surface area contributed by atoms with Gasteiger partial charge in [-0.3, -0.25) is 4.79 Å². The Morgan fingerprint density at radius 3 is 2.48 bits per heavy atom. The Balaban J connectivity index is 1.70. The molecule has 0 atom stereocenters. The molecule has 2 N–H and O–H groups in total. The summed E-state index contributed by atoms with van der Waals surface area (Å²) in [6, 6.07) is 11.0. The molecule has 0 aliphatic rings. The molecule has 0 unspecified atom stereocenters. The zero-order chi connectivity index (χ0) is 20.4. The number of nitrogens with zero attached hydrogens (tertiary/aromatic N) is 1. The average molecular weight is 393 g/mol. The maximum atomic E-state index is 12.8. The molecule has 29 heavy (non-hydrogen) atoms. The van der Waals surface area contributed by atoms with Crippen LogP contribution in [-0.4, -0.2) is 37.4 Å². The molecule has 0 fully saturated rings. The van der Waals surface area contributed by atoms with Crippen LogP contribution in [0.1, 0.15) is 10.4 Å². The highest BCUT2D eigenvalue weighted by Crippen LogP contribution is 2.42. The number of amides is 1. The first-order chi connectivity index (χ1) is 14.2. The normalized spacial score (nSPS) is 10.7. The fourth-order valence-corrected chi connectivity index (χ4v) is 3.20. The first kappa shape index (κ1) is 18.4. The maximum Gasteiger partial charge on any atom is 0.257 e. The molecule has 2 aromatic heterocycles. The molecule has 0 bridgehead atoms. The summed E-state index contributed by atoms with van der Waals surface area (Å²) in [6.07, 6.45) is 3.12. The monoisotopic (exact) mass is 393 g/mol. The lowest BCUT2D eigenvalue weighted by Crippen LogP contribution is -2.11. The number of nitrogens with one attached hydrogen (secondary N) is 2. The third-order valence-electron chi connectivity index (χ3n) is 4.58. The van der Waals surface area contributed by atoms with Gasteiger partial charge in [-0.2, -0.15) is 0 Å². The number of aromatic amines is 1.